The van der Waals surface area contributed by atoms with Gasteiger partial charge in [-0.3, -0.25) is 4.79 Å². The molecule has 0 aliphatic carbocycles. The summed E-state index contributed by atoms with van der Waals surface area (Å²) < 4.78 is 40.3. The first kappa shape index (κ1) is 22.0. The molecule has 156 valence electrons. The number of rotatable bonds is 6. The standard InChI is InChI=1S/C20H21Cl2FN2O3S/c21-17-6-5-15(18(22)11-17)12-24-20(26)14-7-9-25(10-8-14)29(27,28)13-16-3-1-2-4-19(16)23/h1-6,11,14H,7-10,12-13H2,(H,24,26). The molecule has 1 fully saturated rings. The molecule has 5 nitrogen and oxygen atoms in total. The molecule has 1 saturated heterocycles. The number of carbonyl (C=O) groups excluding carboxylic acids is 1. The Morgan fingerprint density at radius 1 is 1.10 bits per heavy atom. The monoisotopic (exact) mass is 458 g/mol. The highest BCUT2D eigenvalue weighted by Crippen LogP contribution is 2.24. The summed E-state index contributed by atoms with van der Waals surface area (Å²) in [6.07, 6.45) is 0.827. The largest absolute Gasteiger partial charge is 0.352 e. The van der Waals surface area contributed by atoms with Crippen LogP contribution in [0, 0.1) is 11.7 Å². The Labute approximate surface area is 179 Å². The van der Waals surface area contributed by atoms with Crippen molar-refractivity contribution in [3.05, 3.63) is 69.5 Å². The SMILES string of the molecule is O=C(NCc1ccc(Cl)cc1Cl)C1CCN(S(=O)(=O)Cc2ccccc2F)CC1. The van der Waals surface area contributed by atoms with Gasteiger partial charge in [-0.05, 0) is 36.6 Å². The van der Waals surface area contributed by atoms with E-state index in [1.807, 2.05) is 0 Å². The van der Waals surface area contributed by atoms with Crippen molar-refractivity contribution >= 4 is 39.1 Å². The van der Waals surface area contributed by atoms with E-state index in [1.165, 1.54) is 22.5 Å². The van der Waals surface area contributed by atoms with E-state index < -0.39 is 15.8 Å². The Morgan fingerprint density at radius 3 is 2.45 bits per heavy atom. The van der Waals surface area contributed by atoms with Crippen molar-refractivity contribution < 1.29 is 17.6 Å². The van der Waals surface area contributed by atoms with Gasteiger partial charge in [0.15, 0.2) is 0 Å². The number of halogens is 3. The Kier molecular flexibility index (Phi) is 7.16. The van der Waals surface area contributed by atoms with Gasteiger partial charge in [0.25, 0.3) is 0 Å². The molecule has 2 aromatic carbocycles. The lowest BCUT2D eigenvalue weighted by atomic mass is 9.97. The number of carbonyl (C=O) groups is 1. The summed E-state index contributed by atoms with van der Waals surface area (Å²) >= 11 is 12.0. The summed E-state index contributed by atoms with van der Waals surface area (Å²) in [5.74, 6) is -1.33. The molecular formula is C20H21Cl2FN2O3S. The van der Waals surface area contributed by atoms with Crippen LogP contribution in [0.25, 0.3) is 0 Å². The van der Waals surface area contributed by atoms with Crippen molar-refractivity contribution in [3.63, 3.8) is 0 Å². The second-order valence-electron chi connectivity index (χ2n) is 6.97. The quantitative estimate of drug-likeness (QED) is 0.711. The third-order valence-corrected chi connectivity index (χ3v) is 7.40. The highest BCUT2D eigenvalue weighted by molar-refractivity contribution is 7.88. The van der Waals surface area contributed by atoms with E-state index in [1.54, 1.807) is 24.3 Å². The molecule has 3 rings (SSSR count). The van der Waals surface area contributed by atoms with Crippen molar-refractivity contribution in [1.29, 1.82) is 0 Å². The minimum atomic E-state index is -3.64. The molecule has 1 aliphatic heterocycles. The van der Waals surface area contributed by atoms with E-state index in [-0.39, 0.29) is 42.8 Å². The molecule has 0 radical (unpaired) electrons. The number of nitrogens with zero attached hydrogens (tertiary/aromatic N) is 1. The van der Waals surface area contributed by atoms with Crippen molar-refractivity contribution in [2.24, 2.45) is 5.92 Å². The van der Waals surface area contributed by atoms with Crippen LogP contribution in [0.4, 0.5) is 4.39 Å². The van der Waals surface area contributed by atoms with Gasteiger partial charge in [0, 0.05) is 41.2 Å². The summed E-state index contributed by atoms with van der Waals surface area (Å²) in [5, 5.41) is 3.85. The van der Waals surface area contributed by atoms with Crippen LogP contribution < -0.4 is 5.32 Å². The second-order valence-corrected chi connectivity index (χ2v) is 9.79. The smallest absolute Gasteiger partial charge is 0.223 e. The van der Waals surface area contributed by atoms with Crippen LogP contribution in [-0.2, 0) is 27.1 Å². The molecule has 1 amide bonds. The molecule has 0 unspecified atom stereocenters. The topological polar surface area (TPSA) is 66.5 Å². The third-order valence-electron chi connectivity index (χ3n) is 4.98. The van der Waals surface area contributed by atoms with Gasteiger partial charge in [0.05, 0.1) is 5.75 Å². The van der Waals surface area contributed by atoms with E-state index in [0.29, 0.717) is 22.9 Å². The van der Waals surface area contributed by atoms with E-state index in [9.17, 15) is 17.6 Å². The summed E-state index contributed by atoms with van der Waals surface area (Å²) in [6, 6.07) is 10.9. The molecule has 2 aromatic rings. The summed E-state index contributed by atoms with van der Waals surface area (Å²) in [6.45, 7) is 0.744. The predicted octanol–water partition coefficient (Wildman–Crippen LogP) is 3.99. The van der Waals surface area contributed by atoms with Gasteiger partial charge in [-0.2, -0.15) is 0 Å². The van der Waals surface area contributed by atoms with Gasteiger partial charge < -0.3 is 5.32 Å². The summed E-state index contributed by atoms with van der Waals surface area (Å²) in [5.41, 5.74) is 0.904. The normalized spacial score (nSPS) is 16.0. The van der Waals surface area contributed by atoms with Crippen LogP contribution in [0.5, 0.6) is 0 Å². The molecule has 0 saturated carbocycles. The minimum Gasteiger partial charge on any atom is -0.352 e. The van der Waals surface area contributed by atoms with Gasteiger partial charge in [0.2, 0.25) is 15.9 Å². The van der Waals surface area contributed by atoms with E-state index in [0.717, 1.165) is 5.56 Å². The average Bonchev–Trinajstić information content (AvgIpc) is 2.69. The van der Waals surface area contributed by atoms with Crippen LogP contribution in [-0.4, -0.2) is 31.7 Å². The van der Waals surface area contributed by atoms with Crippen molar-refractivity contribution in [2.45, 2.75) is 25.1 Å². The molecule has 0 bridgehead atoms. The first-order chi connectivity index (χ1) is 13.8. The highest BCUT2D eigenvalue weighted by Gasteiger charge is 2.31. The number of hydrogen-bond acceptors (Lipinski definition) is 3. The second kappa shape index (κ2) is 9.43. The van der Waals surface area contributed by atoms with E-state index in [2.05, 4.69) is 5.32 Å². The molecule has 1 heterocycles. The van der Waals surface area contributed by atoms with Crippen LogP contribution in [0.2, 0.25) is 10.0 Å². The van der Waals surface area contributed by atoms with Gasteiger partial charge in [-0.15, -0.1) is 0 Å². The third kappa shape index (κ3) is 5.69. The lowest BCUT2D eigenvalue weighted by Gasteiger charge is -2.30. The maximum Gasteiger partial charge on any atom is 0.223 e. The van der Waals surface area contributed by atoms with Crippen molar-refractivity contribution in [2.75, 3.05) is 13.1 Å². The number of benzene rings is 2. The zero-order valence-electron chi connectivity index (χ0n) is 15.6. The number of nitrogens with one attached hydrogen (secondary N) is 1. The molecule has 29 heavy (non-hydrogen) atoms. The lowest BCUT2D eigenvalue weighted by molar-refractivity contribution is -0.126. The summed E-state index contributed by atoms with van der Waals surface area (Å²) in [4.78, 5) is 12.4. The summed E-state index contributed by atoms with van der Waals surface area (Å²) in [7, 11) is -3.64. The van der Waals surface area contributed by atoms with Crippen LogP contribution in [0.1, 0.15) is 24.0 Å². The fourth-order valence-corrected chi connectivity index (χ4v) is 5.34. The zero-order valence-corrected chi connectivity index (χ0v) is 17.9. The van der Waals surface area contributed by atoms with Gasteiger partial charge in [-0.1, -0.05) is 47.5 Å². The fourth-order valence-electron chi connectivity index (χ4n) is 3.29. The van der Waals surface area contributed by atoms with Crippen LogP contribution in [0.15, 0.2) is 42.5 Å². The molecule has 0 spiro atoms. The fraction of sp³-hybridized carbons (Fsp3) is 0.350. The van der Waals surface area contributed by atoms with Gasteiger partial charge in [0.1, 0.15) is 5.82 Å². The molecule has 0 atom stereocenters. The Morgan fingerprint density at radius 2 is 1.79 bits per heavy atom. The molecule has 0 aromatic heterocycles. The number of sulfonamides is 1. The van der Waals surface area contributed by atoms with Gasteiger partial charge >= 0.3 is 0 Å². The first-order valence-corrected chi connectivity index (χ1v) is 11.6. The molecule has 1 aliphatic rings. The Hall–Kier alpha value is -1.67. The molecular weight excluding hydrogens is 438 g/mol. The highest BCUT2D eigenvalue weighted by atomic mass is 35.5. The van der Waals surface area contributed by atoms with E-state index in [4.69, 9.17) is 23.2 Å². The predicted molar refractivity (Wildman–Crippen MR) is 112 cm³/mol. The average molecular weight is 459 g/mol. The first-order valence-electron chi connectivity index (χ1n) is 9.19. The number of hydrogen-bond donors (Lipinski definition) is 1. The maximum atomic E-state index is 13.8. The number of piperidine rings is 1. The zero-order chi connectivity index (χ0) is 21.0. The van der Waals surface area contributed by atoms with Crippen LogP contribution >= 0.6 is 23.2 Å². The van der Waals surface area contributed by atoms with Crippen molar-refractivity contribution in [3.8, 4) is 0 Å². The minimum absolute atomic E-state index is 0.137. The lowest BCUT2D eigenvalue weighted by Crippen LogP contribution is -2.43. The van der Waals surface area contributed by atoms with Gasteiger partial charge in [-0.25, -0.2) is 17.1 Å². The van der Waals surface area contributed by atoms with Crippen molar-refractivity contribution in [1.82, 2.24) is 9.62 Å². The number of amides is 1. The molecule has 9 heteroatoms. The Balaban J connectivity index is 1.53. The Bertz CT molecular complexity index is 993. The molecule has 1 N–H and O–H groups in total. The van der Waals surface area contributed by atoms with E-state index >= 15 is 0 Å². The maximum absolute atomic E-state index is 13.8. The van der Waals surface area contributed by atoms with Crippen LogP contribution in [0.3, 0.4) is 0 Å².